The topological polar surface area (TPSA) is 127 Å². The Morgan fingerprint density at radius 3 is 1.96 bits per heavy atom. The summed E-state index contributed by atoms with van der Waals surface area (Å²) in [6.07, 6.45) is 3.46. The molecular weight excluding hydrogens is 728 g/mol. The molecule has 2 aromatic heterocycles. The molecule has 280 valence electrons. The average molecular weight is 767 g/mol. The quantitative estimate of drug-likeness (QED) is 0.0602. The average Bonchev–Trinajstić information content (AvgIpc) is 3.88. The number of imidazole rings is 1. The van der Waals surface area contributed by atoms with Crippen molar-refractivity contribution in [3.05, 3.63) is 185 Å². The third-order valence-corrected chi connectivity index (χ3v) is 10.7. The molecule has 0 aliphatic rings. The number of aryl methyl sites for hydroxylation is 1. The Morgan fingerprint density at radius 2 is 1.39 bits per heavy atom. The van der Waals surface area contributed by atoms with Gasteiger partial charge in [-0.2, -0.15) is 5.26 Å². The van der Waals surface area contributed by atoms with Crippen LogP contribution < -0.4 is 10.6 Å². The van der Waals surface area contributed by atoms with Gasteiger partial charge < -0.3 is 15.2 Å². The van der Waals surface area contributed by atoms with Gasteiger partial charge in [-0.3, -0.25) is 0 Å². The van der Waals surface area contributed by atoms with Crippen LogP contribution in [0.25, 0.3) is 33.5 Å². The summed E-state index contributed by atoms with van der Waals surface area (Å²) in [5.74, 6) is 1.65. The number of aliphatic imine (C=N–C) groups is 1. The molecule has 57 heavy (non-hydrogen) atoms. The summed E-state index contributed by atoms with van der Waals surface area (Å²) in [5, 5.41) is 23.4. The first-order valence-corrected chi connectivity index (χ1v) is 19.1. The molecule has 0 bridgehead atoms. The Balaban J connectivity index is 1.21. The second-order valence-corrected chi connectivity index (χ2v) is 14.2. The maximum Gasteiger partial charge on any atom is 0.211 e. The normalized spacial score (nSPS) is 11.8. The zero-order valence-corrected chi connectivity index (χ0v) is 32.3. The largest absolute Gasteiger partial charge is 0.369 e. The number of nitrogens with two attached hydrogens (primary N) is 1. The second-order valence-electron chi connectivity index (χ2n) is 13.8. The van der Waals surface area contributed by atoms with Crippen LogP contribution in [0.3, 0.4) is 0 Å². The van der Waals surface area contributed by atoms with Crippen LogP contribution in [-0.4, -0.2) is 42.8 Å². The zero-order chi connectivity index (χ0) is 39.4. The Morgan fingerprint density at radius 1 is 0.807 bits per heavy atom. The monoisotopic (exact) mass is 766 g/mol. The third kappa shape index (κ3) is 6.79. The molecule has 2 heterocycles. The molecule has 0 aliphatic heterocycles. The van der Waals surface area contributed by atoms with E-state index in [1.54, 1.807) is 24.2 Å². The SMILES string of the molecule is CCCc1nc2c(Cl)cc(N(C)C(N)=NC#N)cc2n1Cc1ccc(-c2ccccc2-c2nnnn2C(c2ccccc2)(c2ccccc2)c2ccccc2)cc1. The summed E-state index contributed by atoms with van der Waals surface area (Å²) in [7, 11) is 1.75. The lowest BCUT2D eigenvalue weighted by atomic mass is 9.77. The number of aromatic nitrogens is 6. The molecule has 8 aromatic rings. The lowest BCUT2D eigenvalue weighted by Crippen LogP contribution is -2.39. The number of anilines is 1. The van der Waals surface area contributed by atoms with Gasteiger partial charge in [0.15, 0.2) is 5.82 Å². The molecule has 10 nitrogen and oxygen atoms in total. The molecule has 0 atom stereocenters. The van der Waals surface area contributed by atoms with E-state index in [9.17, 15) is 0 Å². The molecule has 0 amide bonds. The van der Waals surface area contributed by atoms with Crippen molar-refractivity contribution in [2.75, 3.05) is 11.9 Å². The third-order valence-electron chi connectivity index (χ3n) is 10.4. The Labute approximate surface area is 336 Å². The highest BCUT2D eigenvalue weighted by Gasteiger charge is 2.42. The molecule has 0 radical (unpaired) electrons. The van der Waals surface area contributed by atoms with Crippen LogP contribution in [-0.2, 0) is 18.5 Å². The number of fused-ring (bicyclic) bond motifs is 1. The fourth-order valence-electron chi connectivity index (χ4n) is 7.65. The summed E-state index contributed by atoms with van der Waals surface area (Å²) in [5.41, 5.74) is 14.6. The first-order chi connectivity index (χ1) is 27.9. The van der Waals surface area contributed by atoms with Gasteiger partial charge in [-0.15, -0.1) is 10.1 Å². The minimum absolute atomic E-state index is 0.0727. The van der Waals surface area contributed by atoms with Crippen LogP contribution >= 0.6 is 11.6 Å². The molecule has 0 fully saturated rings. The fraction of sp³-hybridized carbons (Fsp3) is 0.130. The summed E-state index contributed by atoms with van der Waals surface area (Å²) >= 11 is 6.80. The number of tetrazole rings is 1. The van der Waals surface area contributed by atoms with Crippen LogP contribution in [0.4, 0.5) is 5.69 Å². The first kappa shape index (κ1) is 36.9. The van der Waals surface area contributed by atoms with E-state index in [2.05, 4.69) is 131 Å². The van der Waals surface area contributed by atoms with Crippen LogP contribution in [0.5, 0.6) is 0 Å². The Hall–Kier alpha value is -7.09. The van der Waals surface area contributed by atoms with Gasteiger partial charge in [-0.05, 0) is 62.4 Å². The maximum absolute atomic E-state index is 9.06. The van der Waals surface area contributed by atoms with Crippen molar-refractivity contribution >= 4 is 34.3 Å². The highest BCUT2D eigenvalue weighted by molar-refractivity contribution is 6.35. The number of halogens is 1. The Kier molecular flexibility index (Phi) is 10.3. The molecular formula is C46H39ClN10. The van der Waals surface area contributed by atoms with Gasteiger partial charge in [0.2, 0.25) is 12.2 Å². The second kappa shape index (κ2) is 15.9. The van der Waals surface area contributed by atoms with Gasteiger partial charge in [-0.25, -0.2) is 9.67 Å². The number of hydrogen-bond donors (Lipinski definition) is 1. The molecule has 6 aromatic carbocycles. The summed E-state index contributed by atoms with van der Waals surface area (Å²) in [6.45, 7) is 2.71. The first-order valence-electron chi connectivity index (χ1n) is 18.7. The van der Waals surface area contributed by atoms with Gasteiger partial charge in [0.05, 0.1) is 10.5 Å². The van der Waals surface area contributed by atoms with Crippen LogP contribution in [0.15, 0.2) is 157 Å². The van der Waals surface area contributed by atoms with Crippen molar-refractivity contribution in [2.24, 2.45) is 10.7 Å². The summed E-state index contributed by atoms with van der Waals surface area (Å²) < 4.78 is 4.17. The van der Waals surface area contributed by atoms with Crippen LogP contribution in [0, 0.1) is 11.5 Å². The van der Waals surface area contributed by atoms with Crippen LogP contribution in [0.2, 0.25) is 5.02 Å². The van der Waals surface area contributed by atoms with Crippen molar-refractivity contribution in [1.82, 2.24) is 29.8 Å². The van der Waals surface area contributed by atoms with E-state index >= 15 is 0 Å². The van der Waals surface area contributed by atoms with Crippen molar-refractivity contribution in [1.29, 1.82) is 5.26 Å². The summed E-state index contributed by atoms with van der Waals surface area (Å²) in [6, 6.07) is 51.9. The minimum atomic E-state index is -0.880. The van der Waals surface area contributed by atoms with E-state index in [-0.39, 0.29) is 5.96 Å². The molecule has 0 unspecified atom stereocenters. The molecule has 0 saturated heterocycles. The van der Waals surface area contributed by atoms with Gasteiger partial charge in [0.25, 0.3) is 0 Å². The van der Waals surface area contributed by atoms with E-state index in [0.717, 1.165) is 63.1 Å². The number of benzene rings is 6. The van der Waals surface area contributed by atoms with E-state index in [1.165, 1.54) is 0 Å². The maximum atomic E-state index is 9.06. The lowest BCUT2D eigenvalue weighted by molar-refractivity contribution is 0.451. The number of hydrogen-bond acceptors (Lipinski definition) is 6. The van der Waals surface area contributed by atoms with Crippen molar-refractivity contribution in [3.8, 4) is 28.7 Å². The predicted octanol–water partition coefficient (Wildman–Crippen LogP) is 9.08. The molecule has 2 N–H and O–H groups in total. The van der Waals surface area contributed by atoms with Crippen molar-refractivity contribution < 1.29 is 0 Å². The van der Waals surface area contributed by atoms with E-state index < -0.39 is 5.54 Å². The minimum Gasteiger partial charge on any atom is -0.369 e. The number of nitrogens with zero attached hydrogens (tertiary/aromatic N) is 9. The van der Waals surface area contributed by atoms with Gasteiger partial charge in [0, 0.05) is 31.3 Å². The van der Waals surface area contributed by atoms with Crippen molar-refractivity contribution in [2.45, 2.75) is 31.8 Å². The number of guanidine groups is 1. The lowest BCUT2D eigenvalue weighted by Gasteiger charge is -2.36. The molecule has 8 rings (SSSR count). The van der Waals surface area contributed by atoms with Gasteiger partial charge in [0.1, 0.15) is 16.9 Å². The zero-order valence-electron chi connectivity index (χ0n) is 31.5. The smallest absolute Gasteiger partial charge is 0.211 e. The van der Waals surface area contributed by atoms with E-state index in [0.29, 0.717) is 28.6 Å². The van der Waals surface area contributed by atoms with Crippen molar-refractivity contribution in [3.63, 3.8) is 0 Å². The highest BCUT2D eigenvalue weighted by Crippen LogP contribution is 2.43. The standard InChI is InChI=1S/C46H39ClN10/c1-3-15-42-51-43-40(47)28-37(55(2)45(49)50-31-48)29-41(43)56(42)30-32-24-26-33(27-25-32)38-22-13-14-23-39(38)44-52-53-54-57(44)46(34-16-7-4-8-17-34,35-18-9-5-10-19-35)36-20-11-6-12-21-36/h4-14,16-29H,3,15,30H2,1-2H3,(H2,49,50). The fourth-order valence-corrected chi connectivity index (χ4v) is 7.90. The Bertz CT molecular complexity index is 2620. The van der Waals surface area contributed by atoms with E-state index in [1.807, 2.05) is 41.1 Å². The molecule has 0 aliphatic carbocycles. The molecule has 0 saturated carbocycles. The van der Waals surface area contributed by atoms with Gasteiger partial charge in [-0.1, -0.05) is 158 Å². The van der Waals surface area contributed by atoms with Gasteiger partial charge >= 0.3 is 0 Å². The van der Waals surface area contributed by atoms with E-state index in [4.69, 9.17) is 37.9 Å². The highest BCUT2D eigenvalue weighted by atomic mass is 35.5. The molecule has 11 heteroatoms. The van der Waals surface area contributed by atoms with Crippen LogP contribution in [0.1, 0.15) is 41.4 Å². The predicted molar refractivity (Wildman–Crippen MR) is 227 cm³/mol. The number of nitriles is 1. The molecule has 0 spiro atoms. The summed E-state index contributed by atoms with van der Waals surface area (Å²) in [4.78, 5) is 10.3. The number of rotatable bonds is 11.